The summed E-state index contributed by atoms with van der Waals surface area (Å²) in [6.45, 7) is 0. The van der Waals surface area contributed by atoms with Crippen molar-refractivity contribution in [2.75, 3.05) is 5.32 Å². The number of halogens is 2. The number of nitrogens with one attached hydrogen (secondary N) is 2. The molecule has 3 aromatic rings. The Labute approximate surface area is 186 Å². The van der Waals surface area contributed by atoms with Gasteiger partial charge in [0, 0.05) is 20.1 Å². The fourth-order valence-electron chi connectivity index (χ4n) is 2.13. The average molecular weight is 539 g/mol. The van der Waals surface area contributed by atoms with E-state index in [2.05, 4.69) is 57.9 Å². The van der Waals surface area contributed by atoms with Crippen LogP contribution in [0.4, 0.5) is 5.13 Å². The van der Waals surface area contributed by atoms with Crippen LogP contribution in [0, 0.1) is 0 Å². The minimum absolute atomic E-state index is 0.0430. The number of aromatic nitrogens is 2. The lowest BCUT2D eigenvalue weighted by molar-refractivity contribution is -0.120. The van der Waals surface area contributed by atoms with Gasteiger partial charge in [-0.25, -0.2) is 5.43 Å². The summed E-state index contributed by atoms with van der Waals surface area (Å²) in [4.78, 5) is 24.2. The number of carbonyl (C=O) groups excluding carboxylic acids is 2. The molecule has 0 aliphatic rings. The number of phenols is 1. The van der Waals surface area contributed by atoms with Crippen LogP contribution in [-0.2, 0) is 11.2 Å². The second kappa shape index (κ2) is 9.72. The summed E-state index contributed by atoms with van der Waals surface area (Å²) in [6, 6.07) is 11.7. The highest BCUT2D eigenvalue weighted by molar-refractivity contribution is 9.10. The van der Waals surface area contributed by atoms with Crippen LogP contribution < -0.4 is 10.7 Å². The quantitative estimate of drug-likeness (QED) is 0.327. The molecular formula is C18H13Br2N5O3S. The van der Waals surface area contributed by atoms with Crippen molar-refractivity contribution in [3.05, 3.63) is 67.5 Å². The minimum atomic E-state index is -0.405. The number of amides is 2. The van der Waals surface area contributed by atoms with E-state index in [1.807, 2.05) is 0 Å². The van der Waals surface area contributed by atoms with E-state index in [4.69, 9.17) is 0 Å². The smallest absolute Gasteiger partial charge is 0.257 e. The van der Waals surface area contributed by atoms with E-state index in [0.717, 1.165) is 20.3 Å². The summed E-state index contributed by atoms with van der Waals surface area (Å²) in [5, 5.41) is 24.7. The Bertz CT molecular complexity index is 1070. The first-order valence-corrected chi connectivity index (χ1v) is 10.5. The van der Waals surface area contributed by atoms with Crippen LogP contribution in [0.5, 0.6) is 5.75 Å². The lowest BCUT2D eigenvalue weighted by Crippen LogP contribution is -2.19. The predicted octanol–water partition coefficient (Wildman–Crippen LogP) is 3.71. The molecule has 0 spiro atoms. The van der Waals surface area contributed by atoms with Gasteiger partial charge in [0.2, 0.25) is 11.0 Å². The van der Waals surface area contributed by atoms with Crippen molar-refractivity contribution in [1.82, 2.24) is 15.6 Å². The molecule has 148 valence electrons. The molecule has 1 aromatic heterocycles. The molecule has 3 rings (SSSR count). The van der Waals surface area contributed by atoms with Crippen LogP contribution in [0.3, 0.4) is 0 Å². The Kier molecular flexibility index (Phi) is 7.07. The van der Waals surface area contributed by atoms with Crippen molar-refractivity contribution in [3.63, 3.8) is 0 Å². The van der Waals surface area contributed by atoms with Crippen molar-refractivity contribution >= 4 is 66.4 Å². The van der Waals surface area contributed by atoms with Gasteiger partial charge in [-0.2, -0.15) is 5.10 Å². The highest BCUT2D eigenvalue weighted by Gasteiger charge is 2.12. The lowest BCUT2D eigenvalue weighted by Gasteiger charge is -2.01. The Hall–Kier alpha value is -2.63. The number of carbonyl (C=O) groups is 2. The van der Waals surface area contributed by atoms with Gasteiger partial charge in [0.15, 0.2) is 0 Å². The predicted molar refractivity (Wildman–Crippen MR) is 117 cm³/mol. The number of hydrogen-bond donors (Lipinski definition) is 3. The monoisotopic (exact) mass is 537 g/mol. The largest absolute Gasteiger partial charge is 0.507 e. The fraction of sp³-hybridized carbons (Fsp3) is 0.0556. The lowest BCUT2D eigenvalue weighted by atomic mass is 10.2. The molecule has 0 saturated heterocycles. The molecule has 0 aliphatic heterocycles. The molecule has 2 amide bonds. The van der Waals surface area contributed by atoms with Gasteiger partial charge in [-0.3, -0.25) is 14.9 Å². The zero-order chi connectivity index (χ0) is 20.8. The van der Waals surface area contributed by atoms with Crippen LogP contribution in [0.1, 0.15) is 20.9 Å². The molecule has 11 heteroatoms. The maximum Gasteiger partial charge on any atom is 0.257 e. The summed E-state index contributed by atoms with van der Waals surface area (Å²) in [6.07, 6.45) is 1.29. The first-order chi connectivity index (χ1) is 13.9. The van der Waals surface area contributed by atoms with E-state index in [1.54, 1.807) is 36.4 Å². The standard InChI is InChI=1S/C18H13Br2N5O3S/c19-12-3-1-10(2-4-12)17(28)22-18-25-24-16(29-18)8-15(27)23-21-9-11-7-13(20)5-6-14(11)26/h1-7,9,26H,8H2,(H,23,27)(H,22,25,28)/b21-9-. The van der Waals surface area contributed by atoms with Gasteiger partial charge >= 0.3 is 0 Å². The van der Waals surface area contributed by atoms with E-state index in [0.29, 0.717) is 21.3 Å². The number of phenolic OH excluding ortho intramolecular Hbond substituents is 1. The van der Waals surface area contributed by atoms with E-state index < -0.39 is 5.91 Å². The van der Waals surface area contributed by atoms with Crippen LogP contribution in [-0.4, -0.2) is 33.3 Å². The van der Waals surface area contributed by atoms with Crippen molar-refractivity contribution in [1.29, 1.82) is 0 Å². The molecular weight excluding hydrogens is 526 g/mol. The number of benzene rings is 2. The van der Waals surface area contributed by atoms with Gasteiger partial charge in [-0.05, 0) is 42.5 Å². The van der Waals surface area contributed by atoms with Gasteiger partial charge in [0.1, 0.15) is 10.8 Å². The van der Waals surface area contributed by atoms with Crippen molar-refractivity contribution < 1.29 is 14.7 Å². The third-order valence-electron chi connectivity index (χ3n) is 3.49. The number of aromatic hydroxyl groups is 1. The second-order valence-electron chi connectivity index (χ2n) is 5.64. The average Bonchev–Trinajstić information content (AvgIpc) is 3.11. The van der Waals surface area contributed by atoms with Gasteiger partial charge < -0.3 is 5.11 Å². The number of hydrazone groups is 1. The van der Waals surface area contributed by atoms with Gasteiger partial charge in [0.25, 0.3) is 5.91 Å². The number of nitrogens with zero attached hydrogens (tertiary/aromatic N) is 3. The summed E-state index contributed by atoms with van der Waals surface area (Å²) in [7, 11) is 0. The zero-order valence-electron chi connectivity index (χ0n) is 14.6. The molecule has 0 radical (unpaired) electrons. The van der Waals surface area contributed by atoms with Crippen molar-refractivity contribution in [2.24, 2.45) is 5.10 Å². The molecule has 2 aromatic carbocycles. The molecule has 0 atom stereocenters. The van der Waals surface area contributed by atoms with Crippen LogP contribution in [0.15, 0.2) is 56.5 Å². The molecule has 29 heavy (non-hydrogen) atoms. The summed E-state index contributed by atoms with van der Waals surface area (Å²) < 4.78 is 1.64. The number of rotatable bonds is 6. The molecule has 0 fully saturated rings. The fourth-order valence-corrected chi connectivity index (χ4v) is 3.50. The summed E-state index contributed by atoms with van der Waals surface area (Å²) >= 11 is 7.70. The Morgan fingerprint density at radius 3 is 2.59 bits per heavy atom. The Balaban J connectivity index is 1.53. The third kappa shape index (κ3) is 6.17. The maximum absolute atomic E-state index is 12.2. The number of anilines is 1. The highest BCUT2D eigenvalue weighted by Crippen LogP contribution is 2.20. The van der Waals surface area contributed by atoms with Crippen molar-refractivity contribution in [2.45, 2.75) is 6.42 Å². The summed E-state index contributed by atoms with van der Waals surface area (Å²) in [5.74, 6) is -0.678. The van der Waals surface area contributed by atoms with E-state index in [1.165, 1.54) is 12.3 Å². The number of hydrogen-bond acceptors (Lipinski definition) is 7. The maximum atomic E-state index is 12.2. The molecule has 3 N–H and O–H groups in total. The Morgan fingerprint density at radius 2 is 1.83 bits per heavy atom. The second-order valence-corrected chi connectivity index (χ2v) is 8.53. The van der Waals surface area contributed by atoms with Crippen LogP contribution in [0.2, 0.25) is 0 Å². The third-order valence-corrected chi connectivity index (χ3v) is 5.35. The van der Waals surface area contributed by atoms with Gasteiger partial charge in [-0.15, -0.1) is 10.2 Å². The molecule has 0 bridgehead atoms. The molecule has 1 heterocycles. The topological polar surface area (TPSA) is 117 Å². The zero-order valence-corrected chi connectivity index (χ0v) is 18.6. The molecule has 0 aliphatic carbocycles. The SMILES string of the molecule is O=C(Cc1nnc(NC(=O)c2ccc(Br)cc2)s1)N/N=C\c1cc(Br)ccc1O. The van der Waals surface area contributed by atoms with Crippen LogP contribution >= 0.6 is 43.2 Å². The van der Waals surface area contributed by atoms with E-state index in [9.17, 15) is 14.7 Å². The van der Waals surface area contributed by atoms with Crippen LogP contribution in [0.25, 0.3) is 0 Å². The first-order valence-electron chi connectivity index (χ1n) is 8.10. The molecule has 0 saturated carbocycles. The molecule has 0 unspecified atom stereocenters. The van der Waals surface area contributed by atoms with E-state index >= 15 is 0 Å². The van der Waals surface area contributed by atoms with E-state index in [-0.39, 0.29) is 18.1 Å². The summed E-state index contributed by atoms with van der Waals surface area (Å²) in [5.41, 5.74) is 3.29. The highest BCUT2D eigenvalue weighted by atomic mass is 79.9. The normalized spacial score (nSPS) is 10.8. The molecule has 8 nitrogen and oxygen atoms in total. The first kappa shape index (κ1) is 21.1. The van der Waals surface area contributed by atoms with Gasteiger partial charge in [-0.1, -0.05) is 43.2 Å². The Morgan fingerprint density at radius 1 is 1.10 bits per heavy atom. The van der Waals surface area contributed by atoms with Gasteiger partial charge in [0.05, 0.1) is 12.6 Å². The minimum Gasteiger partial charge on any atom is -0.507 e. The van der Waals surface area contributed by atoms with Crippen molar-refractivity contribution in [3.8, 4) is 5.75 Å².